The van der Waals surface area contributed by atoms with Crippen molar-refractivity contribution < 1.29 is 23.0 Å². The lowest BCUT2D eigenvalue weighted by molar-refractivity contribution is 0.340. The number of nitrogens with one attached hydrogen (secondary N) is 1. The second-order valence-electron chi connectivity index (χ2n) is 5.08. The SMILES string of the molecule is CCOc1ccc(S(=O)(=O)N/N=C(\C)c2cc(OC)ccc2O)cc1. The van der Waals surface area contributed by atoms with Crippen LogP contribution < -0.4 is 14.3 Å². The smallest absolute Gasteiger partial charge is 0.276 e. The summed E-state index contributed by atoms with van der Waals surface area (Å²) in [7, 11) is -2.33. The largest absolute Gasteiger partial charge is 0.507 e. The van der Waals surface area contributed by atoms with E-state index in [9.17, 15) is 13.5 Å². The summed E-state index contributed by atoms with van der Waals surface area (Å²) in [6.07, 6.45) is 0. The Labute approximate surface area is 147 Å². The van der Waals surface area contributed by atoms with Crippen LogP contribution in [0.4, 0.5) is 0 Å². The van der Waals surface area contributed by atoms with E-state index in [2.05, 4.69) is 9.93 Å². The number of aromatic hydroxyl groups is 1. The van der Waals surface area contributed by atoms with E-state index in [1.807, 2.05) is 6.92 Å². The Balaban J connectivity index is 2.21. The summed E-state index contributed by atoms with van der Waals surface area (Å²) in [4.78, 5) is 2.21. The van der Waals surface area contributed by atoms with Gasteiger partial charge < -0.3 is 14.6 Å². The van der Waals surface area contributed by atoms with Crippen LogP contribution in [0.2, 0.25) is 0 Å². The van der Waals surface area contributed by atoms with Crippen LogP contribution in [0.15, 0.2) is 52.5 Å². The molecular formula is C17H20N2O5S. The van der Waals surface area contributed by atoms with Gasteiger partial charge in [-0.2, -0.15) is 18.4 Å². The van der Waals surface area contributed by atoms with Crippen molar-refractivity contribution in [2.24, 2.45) is 5.10 Å². The molecule has 0 aliphatic heterocycles. The number of sulfonamides is 1. The van der Waals surface area contributed by atoms with Crippen molar-refractivity contribution in [3.63, 3.8) is 0 Å². The maximum atomic E-state index is 12.3. The number of rotatable bonds is 7. The van der Waals surface area contributed by atoms with Crippen LogP contribution in [0, 0.1) is 0 Å². The molecule has 0 aliphatic carbocycles. The fraction of sp³-hybridized carbons (Fsp3) is 0.235. The highest BCUT2D eigenvalue weighted by Gasteiger charge is 2.14. The number of hydrogen-bond acceptors (Lipinski definition) is 6. The van der Waals surface area contributed by atoms with Crippen LogP contribution in [0.1, 0.15) is 19.4 Å². The number of phenolic OH excluding ortho intramolecular Hbond substituents is 1. The second kappa shape index (κ2) is 7.89. The van der Waals surface area contributed by atoms with Crippen LogP contribution >= 0.6 is 0 Å². The molecule has 0 aliphatic rings. The molecule has 2 N–H and O–H groups in total. The van der Waals surface area contributed by atoms with Crippen molar-refractivity contribution in [3.8, 4) is 17.2 Å². The molecule has 0 amide bonds. The van der Waals surface area contributed by atoms with E-state index in [1.54, 1.807) is 31.2 Å². The monoisotopic (exact) mass is 364 g/mol. The van der Waals surface area contributed by atoms with Gasteiger partial charge in [0.1, 0.15) is 17.2 Å². The van der Waals surface area contributed by atoms with E-state index in [0.717, 1.165) is 0 Å². The van der Waals surface area contributed by atoms with E-state index >= 15 is 0 Å². The van der Waals surface area contributed by atoms with Crippen LogP contribution in [0.25, 0.3) is 0 Å². The summed E-state index contributed by atoms with van der Waals surface area (Å²) in [5.74, 6) is 1.08. The number of phenols is 1. The molecular weight excluding hydrogens is 344 g/mol. The van der Waals surface area contributed by atoms with Crippen molar-refractivity contribution in [2.45, 2.75) is 18.7 Å². The molecule has 2 aromatic rings. The molecule has 0 aromatic heterocycles. The third-order valence-electron chi connectivity index (χ3n) is 3.37. The van der Waals surface area contributed by atoms with Gasteiger partial charge in [-0.25, -0.2) is 0 Å². The number of hydrazone groups is 1. The van der Waals surface area contributed by atoms with Crippen molar-refractivity contribution in [1.29, 1.82) is 0 Å². The van der Waals surface area contributed by atoms with E-state index in [4.69, 9.17) is 9.47 Å². The number of benzene rings is 2. The van der Waals surface area contributed by atoms with Crippen molar-refractivity contribution in [1.82, 2.24) is 4.83 Å². The predicted molar refractivity (Wildman–Crippen MR) is 94.8 cm³/mol. The Kier molecular flexibility index (Phi) is 5.87. The molecule has 0 spiro atoms. The van der Waals surface area contributed by atoms with E-state index in [-0.39, 0.29) is 10.6 Å². The van der Waals surface area contributed by atoms with Gasteiger partial charge in [0, 0.05) is 5.56 Å². The fourth-order valence-corrected chi connectivity index (χ4v) is 2.91. The summed E-state index contributed by atoms with van der Waals surface area (Å²) < 4.78 is 35.0. The zero-order valence-corrected chi connectivity index (χ0v) is 15.0. The summed E-state index contributed by atoms with van der Waals surface area (Å²) in [5, 5.41) is 13.8. The van der Waals surface area contributed by atoms with Crippen molar-refractivity contribution in [2.75, 3.05) is 13.7 Å². The number of ether oxygens (including phenoxy) is 2. The zero-order valence-electron chi connectivity index (χ0n) is 14.2. The Morgan fingerprint density at radius 3 is 2.40 bits per heavy atom. The van der Waals surface area contributed by atoms with Gasteiger partial charge in [-0.1, -0.05) is 0 Å². The first kappa shape index (κ1) is 18.6. The molecule has 7 nitrogen and oxygen atoms in total. The van der Waals surface area contributed by atoms with E-state index < -0.39 is 10.0 Å². The number of methoxy groups -OCH3 is 1. The minimum atomic E-state index is -3.83. The average Bonchev–Trinajstić information content (AvgIpc) is 2.61. The lowest BCUT2D eigenvalue weighted by Crippen LogP contribution is -2.20. The highest BCUT2D eigenvalue weighted by atomic mass is 32.2. The first-order chi connectivity index (χ1) is 11.9. The van der Waals surface area contributed by atoms with Gasteiger partial charge >= 0.3 is 0 Å². The second-order valence-corrected chi connectivity index (χ2v) is 6.74. The van der Waals surface area contributed by atoms with Gasteiger partial charge in [-0.3, -0.25) is 0 Å². The highest BCUT2D eigenvalue weighted by Crippen LogP contribution is 2.23. The molecule has 0 saturated carbocycles. The van der Waals surface area contributed by atoms with Crippen LogP contribution in [0.5, 0.6) is 17.2 Å². The Bertz CT molecular complexity index is 861. The normalized spacial score (nSPS) is 11.9. The molecule has 8 heteroatoms. The summed E-state index contributed by atoms with van der Waals surface area (Å²) in [6, 6.07) is 10.6. The van der Waals surface area contributed by atoms with Gasteiger partial charge in [0.25, 0.3) is 10.0 Å². The quantitative estimate of drug-likeness (QED) is 0.581. The Morgan fingerprint density at radius 2 is 1.80 bits per heavy atom. The third kappa shape index (κ3) is 4.63. The highest BCUT2D eigenvalue weighted by molar-refractivity contribution is 7.89. The minimum Gasteiger partial charge on any atom is -0.507 e. The molecule has 134 valence electrons. The number of nitrogens with zero attached hydrogens (tertiary/aromatic N) is 1. The Hall–Kier alpha value is -2.74. The molecule has 0 saturated heterocycles. The molecule has 2 rings (SSSR count). The van der Waals surface area contributed by atoms with Crippen molar-refractivity contribution >= 4 is 15.7 Å². The first-order valence-electron chi connectivity index (χ1n) is 7.53. The molecule has 0 unspecified atom stereocenters. The van der Waals surface area contributed by atoms with Gasteiger partial charge in [-0.15, -0.1) is 0 Å². The van der Waals surface area contributed by atoms with Crippen molar-refractivity contribution in [3.05, 3.63) is 48.0 Å². The lowest BCUT2D eigenvalue weighted by atomic mass is 10.1. The van der Waals surface area contributed by atoms with Gasteiger partial charge in [-0.05, 0) is 56.3 Å². The molecule has 0 heterocycles. The molecule has 0 fully saturated rings. The number of hydrogen-bond donors (Lipinski definition) is 2. The maximum absolute atomic E-state index is 12.3. The topological polar surface area (TPSA) is 97.2 Å². The lowest BCUT2D eigenvalue weighted by Gasteiger charge is -2.09. The molecule has 0 bridgehead atoms. The molecule has 2 aromatic carbocycles. The van der Waals surface area contributed by atoms with Gasteiger partial charge in [0.15, 0.2) is 0 Å². The summed E-state index contributed by atoms with van der Waals surface area (Å²) >= 11 is 0. The standard InChI is InChI=1S/C17H20N2O5S/c1-4-24-13-5-8-15(9-6-13)25(21,22)19-18-12(2)16-11-14(23-3)7-10-17(16)20/h5-11,19-20H,4H2,1-3H3/b18-12+. The fourth-order valence-electron chi connectivity index (χ4n) is 2.06. The zero-order chi connectivity index (χ0) is 18.4. The molecule has 0 radical (unpaired) electrons. The van der Waals surface area contributed by atoms with Gasteiger partial charge in [0.2, 0.25) is 0 Å². The van der Waals surface area contributed by atoms with E-state index in [1.165, 1.54) is 25.3 Å². The van der Waals surface area contributed by atoms with Crippen LogP contribution in [-0.2, 0) is 10.0 Å². The third-order valence-corrected chi connectivity index (χ3v) is 4.60. The Morgan fingerprint density at radius 1 is 1.16 bits per heavy atom. The minimum absolute atomic E-state index is 0.0256. The molecule has 25 heavy (non-hydrogen) atoms. The van der Waals surface area contributed by atoms with Gasteiger partial charge in [0.05, 0.1) is 24.3 Å². The maximum Gasteiger partial charge on any atom is 0.276 e. The summed E-state index contributed by atoms with van der Waals surface area (Å²) in [6.45, 7) is 3.92. The van der Waals surface area contributed by atoms with Crippen LogP contribution in [-0.4, -0.2) is 33.0 Å². The predicted octanol–water partition coefficient (Wildman–Crippen LogP) is 2.50. The average molecular weight is 364 g/mol. The first-order valence-corrected chi connectivity index (χ1v) is 9.02. The summed E-state index contributed by atoms with van der Waals surface area (Å²) in [5.41, 5.74) is 0.666. The van der Waals surface area contributed by atoms with E-state index in [0.29, 0.717) is 29.4 Å². The molecule has 0 atom stereocenters. The van der Waals surface area contributed by atoms with Crippen LogP contribution in [0.3, 0.4) is 0 Å².